The lowest BCUT2D eigenvalue weighted by Gasteiger charge is -2.18. The Morgan fingerprint density at radius 3 is 1.04 bits per heavy atom. The molecule has 0 spiro atoms. The van der Waals surface area contributed by atoms with Gasteiger partial charge in [0.25, 0.3) is 0 Å². The first kappa shape index (κ1) is 63.3. The SMILES string of the molecule is CC/C=C\C/C=C\C/C=C\C/C=C\CCCCCC(=O)OCC(COC(=O)CCCCCCC\C=C/C=C\C=C/C=C\CCCCC)OC(=O)CCCCC/C=C\C/C=C\C/C=C\C/C=C\CC. The third-order valence-electron chi connectivity index (χ3n) is 10.7. The molecule has 0 heterocycles. The number of carbonyl (C=O) groups excluding carboxylic acids is 3. The number of ether oxygens (including phenoxy) is 3. The van der Waals surface area contributed by atoms with Crippen molar-refractivity contribution in [2.75, 3.05) is 13.2 Å². The summed E-state index contributed by atoms with van der Waals surface area (Å²) in [5, 5.41) is 0. The Morgan fingerprint density at radius 1 is 0.324 bits per heavy atom. The average molecular weight is 937 g/mol. The lowest BCUT2D eigenvalue weighted by Crippen LogP contribution is -2.30. The highest BCUT2D eigenvalue weighted by Gasteiger charge is 2.19. The molecule has 6 heteroatoms. The third-order valence-corrected chi connectivity index (χ3v) is 10.7. The second-order valence-corrected chi connectivity index (χ2v) is 17.1. The van der Waals surface area contributed by atoms with Gasteiger partial charge in [-0.2, -0.15) is 0 Å². The number of allylic oxidation sites excluding steroid dienone is 24. The lowest BCUT2D eigenvalue weighted by molar-refractivity contribution is -0.167. The summed E-state index contributed by atoms with van der Waals surface area (Å²) in [5.41, 5.74) is 0. The van der Waals surface area contributed by atoms with E-state index in [2.05, 4.69) is 167 Å². The van der Waals surface area contributed by atoms with E-state index in [1.807, 2.05) is 0 Å². The van der Waals surface area contributed by atoms with Crippen LogP contribution in [0.4, 0.5) is 0 Å². The molecule has 6 nitrogen and oxygen atoms in total. The van der Waals surface area contributed by atoms with E-state index in [1.54, 1.807) is 0 Å². The van der Waals surface area contributed by atoms with Crippen LogP contribution in [0.1, 0.15) is 207 Å². The Hall–Kier alpha value is -4.71. The van der Waals surface area contributed by atoms with Crippen molar-refractivity contribution in [2.45, 2.75) is 213 Å². The first-order valence-corrected chi connectivity index (χ1v) is 26.9. The molecule has 0 rings (SSSR count). The number of esters is 3. The average Bonchev–Trinajstić information content (AvgIpc) is 3.34. The summed E-state index contributed by atoms with van der Waals surface area (Å²) in [6.45, 7) is 6.28. The van der Waals surface area contributed by atoms with E-state index in [9.17, 15) is 14.4 Å². The maximum atomic E-state index is 12.8. The Labute approximate surface area is 417 Å². The molecule has 0 radical (unpaired) electrons. The van der Waals surface area contributed by atoms with Crippen LogP contribution in [-0.2, 0) is 28.6 Å². The zero-order valence-corrected chi connectivity index (χ0v) is 43.3. The van der Waals surface area contributed by atoms with Gasteiger partial charge in [-0.15, -0.1) is 0 Å². The van der Waals surface area contributed by atoms with Crippen molar-refractivity contribution in [3.8, 4) is 0 Å². The smallest absolute Gasteiger partial charge is 0.306 e. The number of rotatable bonds is 46. The van der Waals surface area contributed by atoms with E-state index in [4.69, 9.17) is 14.2 Å². The van der Waals surface area contributed by atoms with E-state index in [1.165, 1.54) is 19.3 Å². The Balaban J connectivity index is 4.58. The molecule has 0 aliphatic carbocycles. The highest BCUT2D eigenvalue weighted by molar-refractivity contribution is 5.71. The molecule has 380 valence electrons. The molecule has 0 N–H and O–H groups in total. The quantitative estimate of drug-likeness (QED) is 0.0199. The molecule has 1 atom stereocenters. The van der Waals surface area contributed by atoms with Crippen molar-refractivity contribution in [1.29, 1.82) is 0 Å². The topological polar surface area (TPSA) is 78.9 Å². The maximum Gasteiger partial charge on any atom is 0.306 e. The summed E-state index contributed by atoms with van der Waals surface area (Å²) < 4.78 is 16.8. The number of unbranched alkanes of at least 4 members (excludes halogenated alkanes) is 14. The molecule has 0 aromatic rings. The molecule has 0 aromatic heterocycles. The minimum Gasteiger partial charge on any atom is -0.462 e. The van der Waals surface area contributed by atoms with E-state index in [-0.39, 0.29) is 37.5 Å². The van der Waals surface area contributed by atoms with Crippen LogP contribution in [-0.4, -0.2) is 37.2 Å². The maximum absolute atomic E-state index is 12.8. The normalized spacial score (nSPS) is 13.3. The summed E-state index contributed by atoms with van der Waals surface area (Å²) >= 11 is 0. The molecular weight excluding hydrogens is 841 g/mol. The van der Waals surface area contributed by atoms with Crippen molar-refractivity contribution in [1.82, 2.24) is 0 Å². The summed E-state index contributed by atoms with van der Waals surface area (Å²) in [4.78, 5) is 38.1. The molecule has 0 amide bonds. The van der Waals surface area contributed by atoms with Crippen LogP contribution in [0.15, 0.2) is 146 Å². The Bertz CT molecular complexity index is 1540. The van der Waals surface area contributed by atoms with Crippen LogP contribution in [0, 0.1) is 0 Å². The van der Waals surface area contributed by atoms with Crippen LogP contribution in [0.3, 0.4) is 0 Å². The minimum absolute atomic E-state index is 0.120. The molecule has 68 heavy (non-hydrogen) atoms. The van der Waals surface area contributed by atoms with Crippen LogP contribution < -0.4 is 0 Å². The van der Waals surface area contributed by atoms with E-state index < -0.39 is 6.10 Å². The van der Waals surface area contributed by atoms with Gasteiger partial charge in [-0.3, -0.25) is 14.4 Å². The van der Waals surface area contributed by atoms with Gasteiger partial charge in [0.15, 0.2) is 6.10 Å². The fraction of sp³-hybridized carbons (Fsp3) is 0.565. The van der Waals surface area contributed by atoms with Crippen molar-refractivity contribution < 1.29 is 28.6 Å². The second-order valence-electron chi connectivity index (χ2n) is 17.1. The van der Waals surface area contributed by atoms with Crippen LogP contribution in [0.2, 0.25) is 0 Å². The predicted octanol–water partition coefficient (Wildman–Crippen LogP) is 18.0. The lowest BCUT2D eigenvalue weighted by atomic mass is 10.1. The highest BCUT2D eigenvalue weighted by atomic mass is 16.6. The molecule has 0 bridgehead atoms. The van der Waals surface area contributed by atoms with Gasteiger partial charge in [-0.05, 0) is 122 Å². The van der Waals surface area contributed by atoms with Crippen LogP contribution in [0.5, 0.6) is 0 Å². The van der Waals surface area contributed by atoms with Gasteiger partial charge in [0.2, 0.25) is 0 Å². The van der Waals surface area contributed by atoms with Crippen LogP contribution >= 0.6 is 0 Å². The van der Waals surface area contributed by atoms with Crippen molar-refractivity contribution >= 4 is 17.9 Å². The van der Waals surface area contributed by atoms with Crippen molar-refractivity contribution in [3.63, 3.8) is 0 Å². The molecule has 0 saturated heterocycles. The predicted molar refractivity (Wildman–Crippen MR) is 292 cm³/mol. The fourth-order valence-electron chi connectivity index (χ4n) is 6.67. The minimum atomic E-state index is -0.825. The third kappa shape index (κ3) is 52.3. The molecule has 0 aliphatic heterocycles. The molecule has 1 unspecified atom stereocenters. The van der Waals surface area contributed by atoms with Crippen LogP contribution in [0.25, 0.3) is 0 Å². The second kappa shape index (κ2) is 54.9. The summed E-state index contributed by atoms with van der Waals surface area (Å²) in [5.74, 6) is -1.01. The standard InChI is InChI=1S/C62H96O6/c1-4-7-10-13-16-19-22-25-28-31-32-35-37-40-43-46-49-52-55-61(64)67-58-59(68-62(65)56-53-50-47-44-41-38-34-30-27-24-21-18-15-12-9-6-3)57-66-60(63)54-51-48-45-42-39-36-33-29-26-23-20-17-14-11-8-5-2/h8-9,11-12,16-22,25-32,35-36,38-39,41,59H,4-7,10,13-15,23-24,33-34,37,40,42-58H2,1-3H3/b11-8-,12-9-,19-16-,20-17-,21-18-,25-22-,29-26-,30-27-,31-28-,35-32-,39-36-,41-38-. The van der Waals surface area contributed by atoms with Gasteiger partial charge in [0.1, 0.15) is 13.2 Å². The largest absolute Gasteiger partial charge is 0.462 e. The van der Waals surface area contributed by atoms with Gasteiger partial charge in [0.05, 0.1) is 0 Å². The number of hydrogen-bond donors (Lipinski definition) is 0. The fourth-order valence-corrected chi connectivity index (χ4v) is 6.67. The Morgan fingerprint density at radius 2 is 0.632 bits per heavy atom. The molecular formula is C62H96O6. The van der Waals surface area contributed by atoms with Gasteiger partial charge in [-0.25, -0.2) is 0 Å². The summed E-state index contributed by atoms with van der Waals surface area (Å²) in [6.07, 6.45) is 78.2. The van der Waals surface area contributed by atoms with Gasteiger partial charge in [0, 0.05) is 19.3 Å². The van der Waals surface area contributed by atoms with E-state index in [0.717, 1.165) is 141 Å². The molecule has 0 fully saturated rings. The number of hydrogen-bond acceptors (Lipinski definition) is 6. The highest BCUT2D eigenvalue weighted by Crippen LogP contribution is 2.12. The number of carbonyl (C=O) groups is 3. The summed E-state index contributed by atoms with van der Waals surface area (Å²) in [7, 11) is 0. The van der Waals surface area contributed by atoms with Crippen molar-refractivity contribution in [2.24, 2.45) is 0 Å². The summed E-state index contributed by atoms with van der Waals surface area (Å²) in [6, 6.07) is 0. The zero-order chi connectivity index (χ0) is 49.3. The van der Waals surface area contributed by atoms with Gasteiger partial charge >= 0.3 is 17.9 Å². The first-order chi connectivity index (χ1) is 33.5. The molecule has 0 aromatic carbocycles. The zero-order valence-electron chi connectivity index (χ0n) is 43.3. The Kier molecular flexibility index (Phi) is 51.1. The van der Waals surface area contributed by atoms with Crippen molar-refractivity contribution in [3.05, 3.63) is 146 Å². The van der Waals surface area contributed by atoms with E-state index in [0.29, 0.717) is 19.3 Å². The molecule has 0 saturated carbocycles. The van der Waals surface area contributed by atoms with Gasteiger partial charge in [-0.1, -0.05) is 212 Å². The monoisotopic (exact) mass is 937 g/mol. The van der Waals surface area contributed by atoms with Gasteiger partial charge < -0.3 is 14.2 Å². The first-order valence-electron chi connectivity index (χ1n) is 26.9. The van der Waals surface area contributed by atoms with E-state index >= 15 is 0 Å². The molecule has 0 aliphatic rings.